The number of nitrogens with zero attached hydrogens (tertiary/aromatic N) is 1. The summed E-state index contributed by atoms with van der Waals surface area (Å²) in [6, 6.07) is 5.39. The SMILES string of the molecule is Cc1ccc(S(=O)(=O)N2CCCC(C)C2CN)c(C)c1. The van der Waals surface area contributed by atoms with Crippen LogP contribution < -0.4 is 5.73 Å². The van der Waals surface area contributed by atoms with Gasteiger partial charge in [-0.1, -0.05) is 24.6 Å². The summed E-state index contributed by atoms with van der Waals surface area (Å²) in [6.45, 7) is 6.86. The highest BCUT2D eigenvalue weighted by atomic mass is 32.2. The van der Waals surface area contributed by atoms with Crippen LogP contribution in [-0.4, -0.2) is 31.9 Å². The molecule has 1 aliphatic heterocycles. The van der Waals surface area contributed by atoms with Crippen LogP contribution in [0.25, 0.3) is 0 Å². The Morgan fingerprint density at radius 3 is 2.65 bits per heavy atom. The molecule has 1 aromatic carbocycles. The first-order chi connectivity index (χ1) is 9.37. The van der Waals surface area contributed by atoms with Crippen LogP contribution in [0.4, 0.5) is 0 Å². The number of hydrogen-bond acceptors (Lipinski definition) is 3. The summed E-state index contributed by atoms with van der Waals surface area (Å²) >= 11 is 0. The van der Waals surface area contributed by atoms with E-state index in [4.69, 9.17) is 5.73 Å². The average molecular weight is 296 g/mol. The molecule has 2 rings (SSSR count). The lowest BCUT2D eigenvalue weighted by atomic mass is 9.93. The van der Waals surface area contributed by atoms with E-state index in [0.29, 0.717) is 23.9 Å². The second-order valence-electron chi connectivity index (χ2n) is 5.81. The molecule has 112 valence electrons. The van der Waals surface area contributed by atoms with E-state index in [1.807, 2.05) is 26.0 Å². The molecule has 1 fully saturated rings. The third-order valence-corrected chi connectivity index (χ3v) is 6.31. The van der Waals surface area contributed by atoms with E-state index in [9.17, 15) is 8.42 Å². The molecule has 4 nitrogen and oxygen atoms in total. The van der Waals surface area contributed by atoms with Gasteiger partial charge in [0.05, 0.1) is 4.90 Å². The van der Waals surface area contributed by atoms with Crippen molar-refractivity contribution in [2.75, 3.05) is 13.1 Å². The third-order valence-electron chi connectivity index (χ3n) is 4.22. The minimum Gasteiger partial charge on any atom is -0.329 e. The second-order valence-corrected chi connectivity index (χ2v) is 7.67. The fourth-order valence-corrected chi connectivity index (χ4v) is 5.05. The van der Waals surface area contributed by atoms with Crippen LogP contribution in [0.2, 0.25) is 0 Å². The number of nitrogens with two attached hydrogens (primary N) is 1. The van der Waals surface area contributed by atoms with Gasteiger partial charge in [0.15, 0.2) is 0 Å². The van der Waals surface area contributed by atoms with E-state index in [0.717, 1.165) is 24.0 Å². The summed E-state index contributed by atoms with van der Waals surface area (Å²) < 4.78 is 27.4. The van der Waals surface area contributed by atoms with Gasteiger partial charge in [-0.2, -0.15) is 4.31 Å². The number of aryl methyl sites for hydroxylation is 2. The first-order valence-electron chi connectivity index (χ1n) is 7.17. The standard InChI is InChI=1S/C15H24N2O2S/c1-11-6-7-15(13(3)9-11)20(18,19)17-8-4-5-12(2)14(17)10-16/h6-7,9,12,14H,4-5,8,10,16H2,1-3H3. The molecule has 1 aromatic rings. The topological polar surface area (TPSA) is 63.4 Å². The zero-order valence-electron chi connectivity index (χ0n) is 12.5. The highest BCUT2D eigenvalue weighted by Gasteiger charge is 2.36. The number of hydrogen-bond donors (Lipinski definition) is 1. The van der Waals surface area contributed by atoms with E-state index in [-0.39, 0.29) is 6.04 Å². The number of rotatable bonds is 3. The summed E-state index contributed by atoms with van der Waals surface area (Å²) in [5.41, 5.74) is 7.69. The minimum atomic E-state index is -3.45. The van der Waals surface area contributed by atoms with Crippen LogP contribution in [0.5, 0.6) is 0 Å². The maximum atomic E-state index is 12.9. The number of benzene rings is 1. The van der Waals surface area contributed by atoms with Gasteiger partial charge in [-0.3, -0.25) is 0 Å². The van der Waals surface area contributed by atoms with Crippen molar-refractivity contribution in [1.29, 1.82) is 0 Å². The van der Waals surface area contributed by atoms with E-state index in [1.54, 1.807) is 10.4 Å². The van der Waals surface area contributed by atoms with Gasteiger partial charge in [-0.25, -0.2) is 8.42 Å². The van der Waals surface area contributed by atoms with Crippen molar-refractivity contribution in [3.8, 4) is 0 Å². The fourth-order valence-electron chi connectivity index (χ4n) is 3.07. The Hall–Kier alpha value is -0.910. The normalized spacial score (nSPS) is 24.8. The fraction of sp³-hybridized carbons (Fsp3) is 0.600. The van der Waals surface area contributed by atoms with Gasteiger partial charge in [0, 0.05) is 19.1 Å². The predicted molar refractivity (Wildman–Crippen MR) is 81.0 cm³/mol. The molecule has 1 aliphatic rings. The molecule has 2 atom stereocenters. The zero-order chi connectivity index (χ0) is 14.9. The predicted octanol–water partition coefficient (Wildman–Crippen LogP) is 2.05. The Morgan fingerprint density at radius 2 is 2.05 bits per heavy atom. The Labute approximate surface area is 122 Å². The van der Waals surface area contributed by atoms with E-state index in [2.05, 4.69) is 6.92 Å². The van der Waals surface area contributed by atoms with Crippen molar-refractivity contribution in [3.63, 3.8) is 0 Å². The Bertz CT molecular complexity index is 584. The van der Waals surface area contributed by atoms with Crippen LogP contribution in [-0.2, 0) is 10.0 Å². The first kappa shape index (κ1) is 15.5. The maximum absolute atomic E-state index is 12.9. The highest BCUT2D eigenvalue weighted by molar-refractivity contribution is 7.89. The molecule has 0 aromatic heterocycles. The molecule has 0 aliphatic carbocycles. The summed E-state index contributed by atoms with van der Waals surface area (Å²) in [4.78, 5) is 0.413. The monoisotopic (exact) mass is 296 g/mol. The molecular weight excluding hydrogens is 272 g/mol. The van der Waals surface area contributed by atoms with Crippen LogP contribution in [0, 0.1) is 19.8 Å². The molecule has 20 heavy (non-hydrogen) atoms. The third kappa shape index (κ3) is 2.75. The van der Waals surface area contributed by atoms with Crippen molar-refractivity contribution in [3.05, 3.63) is 29.3 Å². The lowest BCUT2D eigenvalue weighted by Crippen LogP contribution is -2.51. The van der Waals surface area contributed by atoms with Crippen molar-refractivity contribution in [1.82, 2.24) is 4.31 Å². The molecule has 0 amide bonds. The molecule has 2 unspecified atom stereocenters. The Kier molecular flexibility index (Phi) is 4.52. The molecule has 2 N–H and O–H groups in total. The quantitative estimate of drug-likeness (QED) is 0.928. The molecule has 0 saturated carbocycles. The number of piperidine rings is 1. The minimum absolute atomic E-state index is 0.0885. The van der Waals surface area contributed by atoms with Crippen LogP contribution in [0.15, 0.2) is 23.1 Å². The van der Waals surface area contributed by atoms with E-state index < -0.39 is 10.0 Å². The average Bonchev–Trinajstić information content (AvgIpc) is 2.37. The van der Waals surface area contributed by atoms with Gasteiger partial charge in [-0.15, -0.1) is 0 Å². The van der Waals surface area contributed by atoms with Gasteiger partial charge >= 0.3 is 0 Å². The van der Waals surface area contributed by atoms with Gasteiger partial charge in [0.2, 0.25) is 10.0 Å². The molecule has 0 bridgehead atoms. The van der Waals surface area contributed by atoms with E-state index in [1.165, 1.54) is 0 Å². The summed E-state index contributed by atoms with van der Waals surface area (Å²) in [5, 5.41) is 0. The van der Waals surface area contributed by atoms with Crippen molar-refractivity contribution < 1.29 is 8.42 Å². The molecule has 1 saturated heterocycles. The van der Waals surface area contributed by atoms with E-state index >= 15 is 0 Å². The second kappa shape index (κ2) is 5.84. The van der Waals surface area contributed by atoms with Crippen molar-refractivity contribution >= 4 is 10.0 Å². The molecular formula is C15H24N2O2S. The van der Waals surface area contributed by atoms with Crippen LogP contribution in [0.3, 0.4) is 0 Å². The van der Waals surface area contributed by atoms with Crippen molar-refractivity contribution in [2.24, 2.45) is 11.7 Å². The van der Waals surface area contributed by atoms with Gasteiger partial charge < -0.3 is 5.73 Å². The molecule has 5 heteroatoms. The maximum Gasteiger partial charge on any atom is 0.243 e. The van der Waals surface area contributed by atoms with Gasteiger partial charge in [0.25, 0.3) is 0 Å². The largest absolute Gasteiger partial charge is 0.329 e. The van der Waals surface area contributed by atoms with Crippen molar-refractivity contribution in [2.45, 2.75) is 44.6 Å². The Morgan fingerprint density at radius 1 is 1.35 bits per heavy atom. The summed E-state index contributed by atoms with van der Waals surface area (Å²) in [7, 11) is -3.45. The lowest BCUT2D eigenvalue weighted by molar-refractivity contribution is 0.192. The van der Waals surface area contributed by atoms with Crippen LogP contribution in [0.1, 0.15) is 30.9 Å². The van der Waals surface area contributed by atoms with Gasteiger partial charge in [0.1, 0.15) is 0 Å². The smallest absolute Gasteiger partial charge is 0.243 e. The summed E-state index contributed by atoms with van der Waals surface area (Å²) in [5.74, 6) is 0.314. The Balaban J connectivity index is 2.43. The zero-order valence-corrected chi connectivity index (χ0v) is 13.3. The number of sulfonamides is 1. The highest BCUT2D eigenvalue weighted by Crippen LogP contribution is 2.30. The van der Waals surface area contributed by atoms with Gasteiger partial charge in [-0.05, 0) is 44.2 Å². The first-order valence-corrected chi connectivity index (χ1v) is 8.61. The lowest BCUT2D eigenvalue weighted by Gasteiger charge is -2.38. The molecule has 0 radical (unpaired) electrons. The molecule has 0 spiro atoms. The summed E-state index contributed by atoms with van der Waals surface area (Å²) in [6.07, 6.45) is 1.95. The molecule has 1 heterocycles. The van der Waals surface area contributed by atoms with Crippen LogP contribution >= 0.6 is 0 Å².